The number of quaternary nitrogens is 1. The van der Waals surface area contributed by atoms with Gasteiger partial charge in [0.05, 0.1) is 27.2 Å². The van der Waals surface area contributed by atoms with Crippen molar-refractivity contribution in [1.29, 1.82) is 0 Å². The van der Waals surface area contributed by atoms with E-state index >= 15 is 0 Å². The average molecular weight is 313 g/mol. The van der Waals surface area contributed by atoms with Crippen LogP contribution in [-0.4, -0.2) is 31.7 Å². The Labute approximate surface area is 142 Å². The Morgan fingerprint density at radius 1 is 0.545 bits per heavy atom. The second-order valence-corrected chi connectivity index (χ2v) is 8.21. The molecule has 0 aromatic heterocycles. The third-order valence-electron chi connectivity index (χ3n) is 5.21. The molecule has 0 saturated heterocycles. The largest absolute Gasteiger partial charge is 0.328 e. The first kappa shape index (κ1) is 22.0. The lowest BCUT2D eigenvalue weighted by Crippen LogP contribution is -2.44. The Bertz CT molecular complexity index is 216. The van der Waals surface area contributed by atoms with Crippen molar-refractivity contribution in [1.82, 2.24) is 0 Å². The highest BCUT2D eigenvalue weighted by atomic mass is 15.3. The van der Waals surface area contributed by atoms with Gasteiger partial charge in [0, 0.05) is 0 Å². The fraction of sp³-hybridized carbons (Fsp3) is 1.00. The molecule has 0 aliphatic heterocycles. The predicted octanol–water partition coefficient (Wildman–Crippen LogP) is 6.95. The molecule has 1 heteroatoms. The molecule has 0 bridgehead atoms. The zero-order valence-electron chi connectivity index (χ0n) is 16.6. The maximum atomic E-state index is 2.34. The lowest BCUT2D eigenvalue weighted by molar-refractivity contribution is -0.896. The second-order valence-electron chi connectivity index (χ2n) is 8.21. The van der Waals surface area contributed by atoms with E-state index in [1.165, 1.54) is 96.3 Å². The number of hydrogen-bond donors (Lipinski definition) is 0. The Kier molecular flexibility index (Phi) is 14.5. The van der Waals surface area contributed by atoms with Gasteiger partial charge in [-0.3, -0.25) is 0 Å². The van der Waals surface area contributed by atoms with Gasteiger partial charge in [0.2, 0.25) is 0 Å². The summed E-state index contributed by atoms with van der Waals surface area (Å²) in [7, 11) is 7.03. The van der Waals surface area contributed by atoms with Crippen LogP contribution in [0, 0.1) is 0 Å². The third-order valence-corrected chi connectivity index (χ3v) is 5.21. The molecule has 0 radical (unpaired) electrons. The van der Waals surface area contributed by atoms with Gasteiger partial charge in [-0.05, 0) is 19.3 Å². The monoisotopic (exact) mass is 312 g/mol. The molecule has 0 N–H and O–H groups in total. The van der Waals surface area contributed by atoms with Crippen LogP contribution in [0.3, 0.4) is 0 Å². The quantitative estimate of drug-likeness (QED) is 0.213. The Morgan fingerprint density at radius 2 is 0.909 bits per heavy atom. The summed E-state index contributed by atoms with van der Waals surface area (Å²) >= 11 is 0. The van der Waals surface area contributed by atoms with Gasteiger partial charge in [-0.1, -0.05) is 90.9 Å². The highest BCUT2D eigenvalue weighted by Crippen LogP contribution is 2.17. The molecule has 1 unspecified atom stereocenters. The summed E-state index contributed by atoms with van der Waals surface area (Å²) < 4.78 is 1.13. The van der Waals surface area contributed by atoms with Crippen LogP contribution in [0.15, 0.2) is 0 Å². The first-order valence-electron chi connectivity index (χ1n) is 10.3. The lowest BCUT2D eigenvalue weighted by atomic mass is 10.0. The van der Waals surface area contributed by atoms with Gasteiger partial charge in [0.15, 0.2) is 0 Å². The van der Waals surface area contributed by atoms with Gasteiger partial charge in [0.25, 0.3) is 0 Å². The minimum absolute atomic E-state index is 0.854. The molecule has 0 heterocycles. The van der Waals surface area contributed by atoms with Crippen molar-refractivity contribution in [3.63, 3.8) is 0 Å². The Hall–Kier alpha value is -0.0400. The molecule has 0 spiro atoms. The zero-order chi connectivity index (χ0) is 16.7. The average Bonchev–Trinajstić information content (AvgIpc) is 2.46. The van der Waals surface area contributed by atoms with E-state index in [9.17, 15) is 0 Å². The van der Waals surface area contributed by atoms with Gasteiger partial charge in [0.1, 0.15) is 0 Å². The van der Waals surface area contributed by atoms with E-state index in [4.69, 9.17) is 0 Å². The Morgan fingerprint density at radius 3 is 1.23 bits per heavy atom. The van der Waals surface area contributed by atoms with E-state index < -0.39 is 0 Å². The summed E-state index contributed by atoms with van der Waals surface area (Å²) in [6.45, 7) is 4.64. The summed E-state index contributed by atoms with van der Waals surface area (Å²) in [6, 6.07) is 0.854. The minimum atomic E-state index is 0.854. The molecule has 134 valence electrons. The van der Waals surface area contributed by atoms with Gasteiger partial charge < -0.3 is 4.48 Å². The van der Waals surface area contributed by atoms with Crippen LogP contribution in [0.25, 0.3) is 0 Å². The van der Waals surface area contributed by atoms with Crippen LogP contribution >= 0.6 is 0 Å². The van der Waals surface area contributed by atoms with Crippen LogP contribution in [0.5, 0.6) is 0 Å². The SMILES string of the molecule is CCCCCCCCCCCCCCCC(CC)[N+](C)(C)C. The maximum Gasteiger partial charge on any atom is 0.0881 e. The molecule has 0 aromatic rings. The van der Waals surface area contributed by atoms with Crippen molar-refractivity contribution in [2.24, 2.45) is 0 Å². The van der Waals surface area contributed by atoms with Crippen LogP contribution < -0.4 is 0 Å². The molecular weight excluding hydrogens is 266 g/mol. The minimum Gasteiger partial charge on any atom is -0.328 e. The zero-order valence-corrected chi connectivity index (χ0v) is 16.6. The van der Waals surface area contributed by atoms with Crippen molar-refractivity contribution in [2.45, 2.75) is 116 Å². The summed E-state index contributed by atoms with van der Waals surface area (Å²) in [6.07, 6.45) is 21.7. The van der Waals surface area contributed by atoms with Gasteiger partial charge in [-0.25, -0.2) is 0 Å². The molecule has 1 nitrogen and oxygen atoms in total. The molecule has 0 rings (SSSR count). The standard InChI is InChI=1S/C21H46N/c1-6-8-9-10-11-12-13-14-15-16-17-18-19-20-21(7-2)22(3,4)5/h21H,6-20H2,1-5H3/q+1. The summed E-state index contributed by atoms with van der Waals surface area (Å²) in [5.74, 6) is 0. The highest BCUT2D eigenvalue weighted by molar-refractivity contribution is 4.56. The van der Waals surface area contributed by atoms with Crippen molar-refractivity contribution >= 4 is 0 Å². The predicted molar refractivity (Wildman–Crippen MR) is 102 cm³/mol. The van der Waals surface area contributed by atoms with E-state index in [1.54, 1.807) is 0 Å². The molecule has 0 aliphatic carbocycles. The molecule has 0 saturated carbocycles. The fourth-order valence-electron chi connectivity index (χ4n) is 3.54. The molecule has 1 atom stereocenters. The third kappa shape index (κ3) is 13.6. The molecule has 0 aliphatic rings. The number of unbranched alkanes of at least 4 members (excludes halogenated alkanes) is 12. The molecule has 0 aromatic carbocycles. The Balaban J connectivity index is 3.24. The highest BCUT2D eigenvalue weighted by Gasteiger charge is 2.20. The number of nitrogens with zero attached hydrogens (tertiary/aromatic N) is 1. The van der Waals surface area contributed by atoms with Crippen molar-refractivity contribution in [2.75, 3.05) is 21.1 Å². The van der Waals surface area contributed by atoms with Crippen LogP contribution in [0.1, 0.15) is 110 Å². The first-order valence-corrected chi connectivity index (χ1v) is 10.3. The van der Waals surface area contributed by atoms with E-state index in [2.05, 4.69) is 35.0 Å². The van der Waals surface area contributed by atoms with Gasteiger partial charge in [-0.2, -0.15) is 0 Å². The molecular formula is C21H46N+. The number of hydrogen-bond acceptors (Lipinski definition) is 0. The van der Waals surface area contributed by atoms with E-state index in [1.807, 2.05) is 0 Å². The normalized spacial score (nSPS) is 13.5. The van der Waals surface area contributed by atoms with Gasteiger partial charge in [-0.15, -0.1) is 0 Å². The van der Waals surface area contributed by atoms with Crippen LogP contribution in [0.2, 0.25) is 0 Å². The van der Waals surface area contributed by atoms with Crippen molar-refractivity contribution in [3.05, 3.63) is 0 Å². The summed E-state index contributed by atoms with van der Waals surface area (Å²) in [5, 5.41) is 0. The molecule has 22 heavy (non-hydrogen) atoms. The topological polar surface area (TPSA) is 0 Å². The van der Waals surface area contributed by atoms with E-state index in [0.717, 1.165) is 10.5 Å². The summed E-state index contributed by atoms with van der Waals surface area (Å²) in [5.41, 5.74) is 0. The fourth-order valence-corrected chi connectivity index (χ4v) is 3.54. The first-order chi connectivity index (χ1) is 10.5. The van der Waals surface area contributed by atoms with E-state index in [-0.39, 0.29) is 0 Å². The van der Waals surface area contributed by atoms with E-state index in [0.29, 0.717) is 0 Å². The maximum absolute atomic E-state index is 2.34. The van der Waals surface area contributed by atoms with Crippen LogP contribution in [-0.2, 0) is 0 Å². The van der Waals surface area contributed by atoms with Crippen molar-refractivity contribution < 1.29 is 4.48 Å². The van der Waals surface area contributed by atoms with Gasteiger partial charge >= 0.3 is 0 Å². The van der Waals surface area contributed by atoms with Crippen LogP contribution in [0.4, 0.5) is 0 Å². The summed E-state index contributed by atoms with van der Waals surface area (Å²) in [4.78, 5) is 0. The lowest BCUT2D eigenvalue weighted by Gasteiger charge is -2.33. The van der Waals surface area contributed by atoms with Crippen molar-refractivity contribution in [3.8, 4) is 0 Å². The smallest absolute Gasteiger partial charge is 0.0881 e. The second kappa shape index (κ2) is 14.5. The number of rotatable bonds is 16. The molecule has 0 fully saturated rings. The molecule has 0 amide bonds.